The molecule has 0 amide bonds. The minimum absolute atomic E-state index is 0.643. The number of aromatic nitrogens is 1. The lowest BCUT2D eigenvalue weighted by atomic mass is 10.2. The Morgan fingerprint density at radius 1 is 0.864 bits per heavy atom. The Morgan fingerprint density at radius 2 is 1.68 bits per heavy atom. The van der Waals surface area contributed by atoms with Crippen molar-refractivity contribution in [2.24, 2.45) is 0 Å². The van der Waals surface area contributed by atoms with Gasteiger partial charge in [-0.25, -0.2) is 0 Å². The average molecular weight is 331 g/mol. The zero-order valence-corrected chi connectivity index (χ0v) is 13.5. The summed E-state index contributed by atoms with van der Waals surface area (Å²) in [7, 11) is 0. The van der Waals surface area contributed by atoms with Crippen LogP contribution in [-0.2, 0) is 13.1 Å². The highest BCUT2D eigenvalue weighted by Gasteiger charge is 2.07. The molecule has 2 nitrogen and oxygen atoms in total. The fourth-order valence-corrected chi connectivity index (χ4v) is 2.90. The van der Waals surface area contributed by atoms with E-state index in [1.165, 1.54) is 5.56 Å². The monoisotopic (exact) mass is 330 g/mol. The molecule has 22 heavy (non-hydrogen) atoms. The van der Waals surface area contributed by atoms with Gasteiger partial charge in [0.15, 0.2) is 0 Å². The SMILES string of the molecule is Clc1ccc(-n2cccc2CNCc2ccccc2)c(Cl)c1. The van der Waals surface area contributed by atoms with Crippen LogP contribution in [0.25, 0.3) is 5.69 Å². The van der Waals surface area contributed by atoms with Crippen molar-refractivity contribution in [3.05, 3.63) is 88.2 Å². The van der Waals surface area contributed by atoms with Crippen molar-refractivity contribution in [1.29, 1.82) is 0 Å². The molecule has 0 bridgehead atoms. The number of hydrogen-bond donors (Lipinski definition) is 1. The zero-order valence-electron chi connectivity index (χ0n) is 12.0. The Morgan fingerprint density at radius 3 is 2.45 bits per heavy atom. The molecular formula is C18H16Cl2N2. The van der Waals surface area contributed by atoms with E-state index in [0.29, 0.717) is 10.0 Å². The summed E-state index contributed by atoms with van der Waals surface area (Å²) >= 11 is 12.3. The van der Waals surface area contributed by atoms with Gasteiger partial charge in [-0.1, -0.05) is 53.5 Å². The number of halogens is 2. The second kappa shape index (κ2) is 7.01. The molecule has 0 fully saturated rings. The molecule has 3 rings (SSSR count). The van der Waals surface area contributed by atoms with Crippen LogP contribution in [0, 0.1) is 0 Å². The first-order valence-corrected chi connectivity index (χ1v) is 7.86. The minimum atomic E-state index is 0.643. The van der Waals surface area contributed by atoms with Crippen LogP contribution in [0.15, 0.2) is 66.9 Å². The molecule has 0 spiro atoms. The largest absolute Gasteiger partial charge is 0.318 e. The maximum atomic E-state index is 6.30. The number of nitrogens with one attached hydrogen (secondary N) is 1. The molecule has 0 radical (unpaired) electrons. The smallest absolute Gasteiger partial charge is 0.0661 e. The van der Waals surface area contributed by atoms with Crippen LogP contribution >= 0.6 is 23.2 Å². The molecule has 0 aliphatic heterocycles. The number of hydrogen-bond acceptors (Lipinski definition) is 1. The second-order valence-corrected chi connectivity index (χ2v) is 5.90. The summed E-state index contributed by atoms with van der Waals surface area (Å²) in [6.45, 7) is 1.60. The molecule has 4 heteroatoms. The summed E-state index contributed by atoms with van der Waals surface area (Å²) in [6.07, 6.45) is 2.01. The molecule has 112 valence electrons. The first kappa shape index (κ1) is 15.2. The highest BCUT2D eigenvalue weighted by Crippen LogP contribution is 2.25. The van der Waals surface area contributed by atoms with E-state index in [1.807, 2.05) is 42.6 Å². The van der Waals surface area contributed by atoms with Gasteiger partial charge in [-0.15, -0.1) is 0 Å². The third-order valence-electron chi connectivity index (χ3n) is 3.48. The van der Waals surface area contributed by atoms with E-state index in [1.54, 1.807) is 6.07 Å². The van der Waals surface area contributed by atoms with Crippen molar-refractivity contribution < 1.29 is 0 Å². The molecule has 0 atom stereocenters. The highest BCUT2D eigenvalue weighted by molar-refractivity contribution is 6.35. The summed E-state index contributed by atoms with van der Waals surface area (Å²) in [5.74, 6) is 0. The minimum Gasteiger partial charge on any atom is -0.318 e. The Kier molecular flexibility index (Phi) is 4.84. The molecule has 0 aliphatic carbocycles. The average Bonchev–Trinajstić information content (AvgIpc) is 2.97. The van der Waals surface area contributed by atoms with Gasteiger partial charge in [0, 0.05) is 30.0 Å². The van der Waals surface area contributed by atoms with Gasteiger partial charge in [-0.05, 0) is 35.9 Å². The Hall–Kier alpha value is -1.74. The Balaban J connectivity index is 1.72. The molecule has 2 aromatic carbocycles. The van der Waals surface area contributed by atoms with E-state index in [0.717, 1.165) is 24.5 Å². The lowest BCUT2D eigenvalue weighted by Crippen LogP contribution is -2.15. The summed E-state index contributed by atoms with van der Waals surface area (Å²) < 4.78 is 2.08. The third kappa shape index (κ3) is 3.53. The number of nitrogens with zero attached hydrogens (tertiary/aromatic N) is 1. The molecule has 3 aromatic rings. The van der Waals surface area contributed by atoms with Crippen molar-refractivity contribution >= 4 is 23.2 Å². The van der Waals surface area contributed by atoms with Crippen LogP contribution in [0.4, 0.5) is 0 Å². The van der Waals surface area contributed by atoms with Gasteiger partial charge >= 0.3 is 0 Å². The summed E-state index contributed by atoms with van der Waals surface area (Å²) in [6, 6.07) is 20.0. The molecular weight excluding hydrogens is 315 g/mol. The van der Waals surface area contributed by atoms with Gasteiger partial charge in [-0.2, -0.15) is 0 Å². The van der Waals surface area contributed by atoms with E-state index < -0.39 is 0 Å². The highest BCUT2D eigenvalue weighted by atomic mass is 35.5. The van der Waals surface area contributed by atoms with Gasteiger partial charge in [-0.3, -0.25) is 0 Å². The first-order chi connectivity index (χ1) is 10.7. The fourth-order valence-electron chi connectivity index (χ4n) is 2.40. The normalized spacial score (nSPS) is 10.8. The maximum absolute atomic E-state index is 6.30. The summed E-state index contributed by atoms with van der Waals surface area (Å²) in [4.78, 5) is 0. The molecule has 1 heterocycles. The number of rotatable bonds is 5. The predicted octanol–water partition coefficient (Wildman–Crippen LogP) is 5.07. The van der Waals surface area contributed by atoms with Crippen molar-refractivity contribution in [2.45, 2.75) is 13.1 Å². The second-order valence-electron chi connectivity index (χ2n) is 5.05. The number of benzene rings is 2. The van der Waals surface area contributed by atoms with Crippen LogP contribution < -0.4 is 5.32 Å². The van der Waals surface area contributed by atoms with Crippen LogP contribution in [-0.4, -0.2) is 4.57 Å². The van der Waals surface area contributed by atoms with Gasteiger partial charge in [0.05, 0.1) is 10.7 Å². The van der Waals surface area contributed by atoms with E-state index >= 15 is 0 Å². The van der Waals surface area contributed by atoms with Crippen molar-refractivity contribution in [2.75, 3.05) is 0 Å². The standard InChI is InChI=1S/C18H16Cl2N2/c19-15-8-9-18(17(20)11-15)22-10-4-7-16(22)13-21-12-14-5-2-1-3-6-14/h1-11,21H,12-13H2. The van der Waals surface area contributed by atoms with Crippen LogP contribution in [0.2, 0.25) is 10.0 Å². The quantitative estimate of drug-likeness (QED) is 0.690. The third-order valence-corrected chi connectivity index (χ3v) is 4.02. The fraction of sp³-hybridized carbons (Fsp3) is 0.111. The van der Waals surface area contributed by atoms with E-state index in [2.05, 4.69) is 28.1 Å². The molecule has 1 N–H and O–H groups in total. The van der Waals surface area contributed by atoms with Crippen LogP contribution in [0.5, 0.6) is 0 Å². The van der Waals surface area contributed by atoms with Crippen molar-refractivity contribution in [3.8, 4) is 5.69 Å². The lowest BCUT2D eigenvalue weighted by Gasteiger charge is -2.12. The lowest BCUT2D eigenvalue weighted by molar-refractivity contribution is 0.669. The molecule has 1 aromatic heterocycles. The van der Waals surface area contributed by atoms with Crippen LogP contribution in [0.3, 0.4) is 0 Å². The van der Waals surface area contributed by atoms with E-state index in [-0.39, 0.29) is 0 Å². The van der Waals surface area contributed by atoms with Gasteiger partial charge < -0.3 is 9.88 Å². The molecule has 0 saturated heterocycles. The topological polar surface area (TPSA) is 17.0 Å². The van der Waals surface area contributed by atoms with Crippen molar-refractivity contribution in [1.82, 2.24) is 9.88 Å². The van der Waals surface area contributed by atoms with Gasteiger partial charge in [0.25, 0.3) is 0 Å². The zero-order chi connectivity index (χ0) is 15.4. The van der Waals surface area contributed by atoms with Crippen molar-refractivity contribution in [3.63, 3.8) is 0 Å². The van der Waals surface area contributed by atoms with Gasteiger partial charge in [0.1, 0.15) is 0 Å². The summed E-state index contributed by atoms with van der Waals surface area (Å²) in [5, 5.41) is 4.74. The van der Waals surface area contributed by atoms with E-state index in [9.17, 15) is 0 Å². The molecule has 0 aliphatic rings. The summed E-state index contributed by atoms with van der Waals surface area (Å²) in [5.41, 5.74) is 3.36. The van der Waals surface area contributed by atoms with Crippen LogP contribution in [0.1, 0.15) is 11.3 Å². The molecule has 0 saturated carbocycles. The van der Waals surface area contributed by atoms with E-state index in [4.69, 9.17) is 23.2 Å². The first-order valence-electron chi connectivity index (χ1n) is 7.10. The Labute approximate surface area is 140 Å². The Bertz CT molecular complexity index is 751. The predicted molar refractivity (Wildman–Crippen MR) is 92.8 cm³/mol. The molecule has 0 unspecified atom stereocenters. The maximum Gasteiger partial charge on any atom is 0.0661 e. The van der Waals surface area contributed by atoms with Gasteiger partial charge in [0.2, 0.25) is 0 Å².